The van der Waals surface area contributed by atoms with Gasteiger partial charge in [-0.3, -0.25) is 4.57 Å². The van der Waals surface area contributed by atoms with Crippen molar-refractivity contribution in [2.75, 3.05) is 0 Å². The summed E-state index contributed by atoms with van der Waals surface area (Å²) in [6.07, 6.45) is 7.62. The van der Waals surface area contributed by atoms with Gasteiger partial charge in [0.15, 0.2) is 0 Å². The van der Waals surface area contributed by atoms with E-state index in [9.17, 15) is 5.11 Å². The molecule has 0 saturated carbocycles. The van der Waals surface area contributed by atoms with Crippen LogP contribution in [0.25, 0.3) is 16.7 Å². The van der Waals surface area contributed by atoms with Gasteiger partial charge in [-0.05, 0) is 56.5 Å². The SMILES string of the molecule is C=CC.CCCC(O)CCC.Cc1ccc2c(c1)ncn2-c1cccc(O)c1. The number of aryl methyl sites for hydroxylation is 1. The first-order valence-corrected chi connectivity index (χ1v) is 9.94. The van der Waals surface area contributed by atoms with Gasteiger partial charge in [-0.15, -0.1) is 6.58 Å². The maximum Gasteiger partial charge on any atom is 0.117 e. The number of fused-ring (bicyclic) bond motifs is 1. The molecule has 28 heavy (non-hydrogen) atoms. The number of phenolic OH excluding ortho intramolecular Hbond substituents is 1. The van der Waals surface area contributed by atoms with Gasteiger partial charge in [-0.1, -0.05) is 44.9 Å². The molecule has 3 rings (SSSR count). The second kappa shape index (κ2) is 12.7. The standard InChI is InChI=1S/C14H12N2O.C7H16O.C3H6/c1-10-5-6-14-13(7-10)15-9-16(14)11-3-2-4-12(17)8-11;1-3-5-7(8)6-4-2;1-3-2/h2-9,17H,1H3;7-8H,3-6H2,1-2H3;3H,1H2,2H3. The van der Waals surface area contributed by atoms with E-state index in [1.807, 2.05) is 36.6 Å². The van der Waals surface area contributed by atoms with Crippen molar-refractivity contribution in [1.29, 1.82) is 0 Å². The van der Waals surface area contributed by atoms with Gasteiger partial charge in [-0.2, -0.15) is 0 Å². The zero-order valence-electron chi connectivity index (χ0n) is 17.6. The molecule has 2 N–H and O–H groups in total. The molecule has 0 bridgehead atoms. The first kappa shape index (κ1) is 23.4. The molecule has 0 amide bonds. The highest BCUT2D eigenvalue weighted by Gasteiger charge is 2.04. The van der Waals surface area contributed by atoms with Gasteiger partial charge in [-0.25, -0.2) is 4.98 Å². The van der Waals surface area contributed by atoms with Crippen LogP contribution in [-0.4, -0.2) is 25.9 Å². The number of hydrogen-bond acceptors (Lipinski definition) is 3. The normalized spacial score (nSPS) is 10.1. The molecule has 1 aromatic heterocycles. The molecule has 2 aromatic carbocycles. The van der Waals surface area contributed by atoms with Crippen molar-refractivity contribution in [1.82, 2.24) is 9.55 Å². The van der Waals surface area contributed by atoms with Crippen LogP contribution in [0.3, 0.4) is 0 Å². The third kappa shape index (κ3) is 7.57. The Balaban J connectivity index is 0.000000302. The predicted octanol–water partition coefficient (Wildman–Crippen LogP) is 6.18. The summed E-state index contributed by atoms with van der Waals surface area (Å²) >= 11 is 0. The van der Waals surface area contributed by atoms with Crippen molar-refractivity contribution in [2.24, 2.45) is 0 Å². The van der Waals surface area contributed by atoms with Crippen LogP contribution in [0.1, 0.15) is 52.0 Å². The van der Waals surface area contributed by atoms with Gasteiger partial charge in [0.1, 0.15) is 12.1 Å². The Morgan fingerprint density at radius 2 is 1.75 bits per heavy atom. The Hall–Kier alpha value is -2.59. The van der Waals surface area contributed by atoms with Crippen molar-refractivity contribution in [2.45, 2.75) is 59.5 Å². The quantitative estimate of drug-likeness (QED) is 0.518. The number of rotatable bonds is 5. The summed E-state index contributed by atoms with van der Waals surface area (Å²) in [6, 6.07) is 13.3. The van der Waals surface area contributed by atoms with Gasteiger partial charge in [0.25, 0.3) is 0 Å². The fraction of sp³-hybridized carbons (Fsp3) is 0.375. The first-order valence-electron chi connectivity index (χ1n) is 9.94. The molecule has 152 valence electrons. The van der Waals surface area contributed by atoms with Gasteiger partial charge in [0, 0.05) is 6.07 Å². The number of nitrogens with zero attached hydrogens (tertiary/aromatic N) is 2. The van der Waals surface area contributed by atoms with E-state index in [0.29, 0.717) is 0 Å². The minimum atomic E-state index is -0.0370. The van der Waals surface area contributed by atoms with Crippen molar-refractivity contribution in [3.8, 4) is 11.4 Å². The van der Waals surface area contributed by atoms with Crippen molar-refractivity contribution in [3.05, 3.63) is 67.0 Å². The van der Waals surface area contributed by atoms with Crippen LogP contribution in [-0.2, 0) is 0 Å². The van der Waals surface area contributed by atoms with E-state index in [2.05, 4.69) is 37.5 Å². The molecule has 0 saturated heterocycles. The van der Waals surface area contributed by atoms with E-state index >= 15 is 0 Å². The largest absolute Gasteiger partial charge is 0.508 e. The Bertz CT molecular complexity index is 833. The number of hydrogen-bond donors (Lipinski definition) is 2. The van der Waals surface area contributed by atoms with Gasteiger partial charge in [0.2, 0.25) is 0 Å². The number of phenols is 1. The fourth-order valence-electron chi connectivity index (χ4n) is 2.78. The molecule has 0 spiro atoms. The summed E-state index contributed by atoms with van der Waals surface area (Å²) in [7, 11) is 0. The smallest absolute Gasteiger partial charge is 0.117 e. The Labute approximate surface area is 169 Å². The number of aromatic nitrogens is 2. The molecule has 0 aliphatic rings. The lowest BCUT2D eigenvalue weighted by molar-refractivity contribution is 0.153. The minimum absolute atomic E-state index is 0.0370. The molecule has 0 radical (unpaired) electrons. The summed E-state index contributed by atoms with van der Waals surface area (Å²) < 4.78 is 1.97. The van der Waals surface area contributed by atoms with E-state index in [1.54, 1.807) is 24.5 Å². The molecule has 0 unspecified atom stereocenters. The second-order valence-corrected chi connectivity index (χ2v) is 6.77. The molecule has 0 fully saturated rings. The highest BCUT2D eigenvalue weighted by atomic mass is 16.3. The third-order valence-electron chi connectivity index (χ3n) is 4.05. The van der Waals surface area contributed by atoms with Crippen molar-refractivity contribution >= 4 is 11.0 Å². The van der Waals surface area contributed by atoms with Crippen LogP contribution in [0, 0.1) is 6.92 Å². The summed E-state index contributed by atoms with van der Waals surface area (Å²) in [6.45, 7) is 11.5. The van der Waals surface area contributed by atoms with E-state index in [4.69, 9.17) is 5.11 Å². The molecular weight excluding hydrogens is 348 g/mol. The van der Waals surface area contributed by atoms with Crippen molar-refractivity contribution < 1.29 is 10.2 Å². The molecule has 0 atom stereocenters. The lowest BCUT2D eigenvalue weighted by atomic mass is 10.1. The molecule has 3 aromatic rings. The number of aromatic hydroxyl groups is 1. The number of allylic oxidation sites excluding steroid dienone is 1. The maximum absolute atomic E-state index is 9.49. The van der Waals surface area contributed by atoms with Gasteiger partial charge in [0.05, 0.1) is 22.8 Å². The maximum atomic E-state index is 9.49. The van der Waals surface area contributed by atoms with E-state index in [-0.39, 0.29) is 11.9 Å². The van der Waals surface area contributed by atoms with E-state index in [0.717, 1.165) is 42.4 Å². The molecule has 0 aliphatic carbocycles. The van der Waals surface area contributed by atoms with Crippen LogP contribution in [0.4, 0.5) is 0 Å². The summed E-state index contributed by atoms with van der Waals surface area (Å²) in [5, 5.41) is 18.5. The lowest BCUT2D eigenvalue weighted by Gasteiger charge is -2.04. The number of imidazole rings is 1. The molecule has 4 nitrogen and oxygen atoms in total. The molecular formula is C24H34N2O2. The van der Waals surface area contributed by atoms with Crippen LogP contribution < -0.4 is 0 Å². The zero-order chi connectivity index (χ0) is 20.9. The zero-order valence-corrected chi connectivity index (χ0v) is 17.6. The van der Waals surface area contributed by atoms with Gasteiger partial charge < -0.3 is 10.2 Å². The third-order valence-corrected chi connectivity index (χ3v) is 4.05. The van der Waals surface area contributed by atoms with Crippen LogP contribution in [0.5, 0.6) is 5.75 Å². The molecule has 0 aliphatic heterocycles. The minimum Gasteiger partial charge on any atom is -0.508 e. The predicted molar refractivity (Wildman–Crippen MR) is 119 cm³/mol. The van der Waals surface area contributed by atoms with E-state index in [1.165, 1.54) is 5.56 Å². The van der Waals surface area contributed by atoms with E-state index < -0.39 is 0 Å². The highest BCUT2D eigenvalue weighted by Crippen LogP contribution is 2.21. The molecule has 1 heterocycles. The highest BCUT2D eigenvalue weighted by molar-refractivity contribution is 5.78. The van der Waals surface area contributed by atoms with Crippen LogP contribution in [0.15, 0.2) is 61.4 Å². The average molecular weight is 383 g/mol. The Kier molecular flexibility index (Phi) is 10.7. The Morgan fingerprint density at radius 1 is 1.11 bits per heavy atom. The average Bonchev–Trinajstić information content (AvgIpc) is 3.06. The number of aliphatic hydroxyl groups is 1. The first-order chi connectivity index (χ1) is 13.5. The topological polar surface area (TPSA) is 58.3 Å². The fourth-order valence-corrected chi connectivity index (χ4v) is 2.78. The monoisotopic (exact) mass is 382 g/mol. The van der Waals surface area contributed by atoms with Crippen molar-refractivity contribution in [3.63, 3.8) is 0 Å². The summed E-state index contributed by atoms with van der Waals surface area (Å²) in [5.74, 6) is 0.261. The summed E-state index contributed by atoms with van der Waals surface area (Å²) in [4.78, 5) is 4.37. The second-order valence-electron chi connectivity index (χ2n) is 6.77. The molecule has 4 heteroatoms. The van der Waals surface area contributed by atoms with Gasteiger partial charge >= 0.3 is 0 Å². The van der Waals surface area contributed by atoms with Crippen LogP contribution >= 0.6 is 0 Å². The lowest BCUT2D eigenvalue weighted by Crippen LogP contribution is -2.03. The summed E-state index contributed by atoms with van der Waals surface area (Å²) in [5.41, 5.74) is 4.12. The Morgan fingerprint density at radius 3 is 2.32 bits per heavy atom. The van der Waals surface area contributed by atoms with Crippen LogP contribution in [0.2, 0.25) is 0 Å². The number of benzene rings is 2. The number of aliphatic hydroxyl groups excluding tert-OH is 1.